The van der Waals surface area contributed by atoms with Crippen molar-refractivity contribution in [3.05, 3.63) is 27.8 Å². The van der Waals surface area contributed by atoms with E-state index >= 15 is 0 Å². The first-order chi connectivity index (χ1) is 8.49. The Morgan fingerprint density at radius 2 is 2.00 bits per heavy atom. The minimum Gasteiger partial charge on any atom is -0.393 e. The molecule has 1 aliphatic heterocycles. The Labute approximate surface area is 106 Å². The predicted molar refractivity (Wildman–Crippen MR) is 72.0 cm³/mol. The lowest BCUT2D eigenvalue weighted by atomic mass is 10.0. The Morgan fingerprint density at radius 1 is 1.28 bits per heavy atom. The van der Waals surface area contributed by atoms with Gasteiger partial charge in [0.15, 0.2) is 0 Å². The number of hydrogen-bond donors (Lipinski definition) is 1. The van der Waals surface area contributed by atoms with Gasteiger partial charge >= 0.3 is 0 Å². The summed E-state index contributed by atoms with van der Waals surface area (Å²) in [5, 5.41) is 10.9. The first-order valence-electron chi connectivity index (χ1n) is 5.95. The van der Waals surface area contributed by atoms with E-state index in [2.05, 4.69) is 16.8 Å². The van der Waals surface area contributed by atoms with Crippen molar-refractivity contribution in [2.45, 2.75) is 6.42 Å². The molecule has 6 heteroatoms. The fourth-order valence-electron chi connectivity index (χ4n) is 2.21. The summed E-state index contributed by atoms with van der Waals surface area (Å²) in [6.07, 6.45) is 0.803. The molecule has 98 valence electrons. The highest BCUT2D eigenvalue weighted by Gasteiger charge is 2.20. The van der Waals surface area contributed by atoms with Crippen LogP contribution in [0.5, 0.6) is 0 Å². The maximum absolute atomic E-state index is 10.9. The Hall–Kier alpha value is -1.82. The van der Waals surface area contributed by atoms with Crippen molar-refractivity contribution in [1.29, 1.82) is 0 Å². The maximum Gasteiger partial charge on any atom is 0.292 e. The molecule has 18 heavy (non-hydrogen) atoms. The Kier molecular flexibility index (Phi) is 3.38. The van der Waals surface area contributed by atoms with E-state index in [4.69, 9.17) is 5.73 Å². The highest BCUT2D eigenvalue weighted by molar-refractivity contribution is 5.70. The Balaban J connectivity index is 2.45. The van der Waals surface area contributed by atoms with Crippen molar-refractivity contribution in [3.63, 3.8) is 0 Å². The van der Waals surface area contributed by atoms with Crippen LogP contribution in [0.1, 0.15) is 5.56 Å². The van der Waals surface area contributed by atoms with Crippen LogP contribution in [0.3, 0.4) is 0 Å². The number of nitrogens with two attached hydrogens (primary N) is 1. The first-order valence-corrected chi connectivity index (χ1v) is 5.95. The molecular formula is C12H18N4O2. The van der Waals surface area contributed by atoms with E-state index in [1.807, 2.05) is 7.05 Å². The number of benzene rings is 1. The molecule has 0 aliphatic carbocycles. The molecule has 0 fully saturated rings. The summed E-state index contributed by atoms with van der Waals surface area (Å²) < 4.78 is 0. The van der Waals surface area contributed by atoms with Gasteiger partial charge in [-0.25, -0.2) is 0 Å². The predicted octanol–water partition coefficient (Wildman–Crippen LogP) is 1.10. The van der Waals surface area contributed by atoms with Crippen LogP contribution < -0.4 is 10.6 Å². The maximum atomic E-state index is 10.9. The highest BCUT2D eigenvalue weighted by atomic mass is 16.6. The Morgan fingerprint density at radius 3 is 2.67 bits per heavy atom. The number of rotatable bonds is 1. The molecule has 0 saturated heterocycles. The third-order valence-electron chi connectivity index (χ3n) is 3.42. The van der Waals surface area contributed by atoms with Gasteiger partial charge in [-0.1, -0.05) is 0 Å². The molecule has 0 spiro atoms. The van der Waals surface area contributed by atoms with Gasteiger partial charge in [0.25, 0.3) is 5.69 Å². The van der Waals surface area contributed by atoms with Crippen LogP contribution in [0.25, 0.3) is 0 Å². The molecule has 1 aromatic carbocycles. The average molecular weight is 250 g/mol. The largest absolute Gasteiger partial charge is 0.393 e. The third-order valence-corrected chi connectivity index (χ3v) is 3.42. The van der Waals surface area contributed by atoms with Crippen molar-refractivity contribution < 1.29 is 4.92 Å². The van der Waals surface area contributed by atoms with E-state index in [1.165, 1.54) is 0 Å². The van der Waals surface area contributed by atoms with E-state index < -0.39 is 4.92 Å². The van der Waals surface area contributed by atoms with Crippen LogP contribution in [0.4, 0.5) is 17.1 Å². The molecule has 0 atom stereocenters. The number of likely N-dealkylation sites (N-methyl/N-ethyl adjacent to an activating group) is 2. The minimum absolute atomic E-state index is 0.00498. The van der Waals surface area contributed by atoms with Crippen LogP contribution in [-0.2, 0) is 6.42 Å². The summed E-state index contributed by atoms with van der Waals surface area (Å²) in [7, 11) is 4.05. The van der Waals surface area contributed by atoms with Gasteiger partial charge in [-0.2, -0.15) is 0 Å². The zero-order valence-corrected chi connectivity index (χ0v) is 10.7. The summed E-state index contributed by atoms with van der Waals surface area (Å²) >= 11 is 0. The molecule has 1 aliphatic rings. The van der Waals surface area contributed by atoms with E-state index in [9.17, 15) is 10.1 Å². The smallest absolute Gasteiger partial charge is 0.292 e. The number of fused-ring (bicyclic) bond motifs is 1. The van der Waals surface area contributed by atoms with Gasteiger partial charge in [-0.15, -0.1) is 0 Å². The zero-order chi connectivity index (χ0) is 13.3. The van der Waals surface area contributed by atoms with Crippen molar-refractivity contribution in [1.82, 2.24) is 4.90 Å². The van der Waals surface area contributed by atoms with E-state index in [-0.39, 0.29) is 11.4 Å². The standard InChI is InChI=1S/C12H18N4O2/c1-14-4-3-9-7-12(16(17)18)10(13)8-11(9)15(2)6-5-14/h7-8H,3-6,13H2,1-2H3. The summed E-state index contributed by atoms with van der Waals surface area (Å²) in [5.74, 6) is 0. The number of nitrogens with zero attached hydrogens (tertiary/aromatic N) is 3. The van der Waals surface area contributed by atoms with Crippen LogP contribution in [0.15, 0.2) is 12.1 Å². The fourth-order valence-corrected chi connectivity index (χ4v) is 2.21. The second kappa shape index (κ2) is 4.81. The average Bonchev–Trinajstić information content (AvgIpc) is 2.32. The molecule has 1 aromatic rings. The zero-order valence-electron chi connectivity index (χ0n) is 10.7. The van der Waals surface area contributed by atoms with Gasteiger partial charge in [0, 0.05) is 38.4 Å². The lowest BCUT2D eigenvalue weighted by Crippen LogP contribution is -2.35. The van der Waals surface area contributed by atoms with Gasteiger partial charge in [0.2, 0.25) is 0 Å². The van der Waals surface area contributed by atoms with Crippen molar-refractivity contribution in [3.8, 4) is 0 Å². The molecule has 0 aromatic heterocycles. The highest BCUT2D eigenvalue weighted by Crippen LogP contribution is 2.32. The Bertz CT molecular complexity index is 475. The molecule has 0 bridgehead atoms. The number of nitro benzene ring substituents is 1. The van der Waals surface area contributed by atoms with E-state index in [1.54, 1.807) is 12.1 Å². The third kappa shape index (κ3) is 2.38. The van der Waals surface area contributed by atoms with Crippen LogP contribution in [0, 0.1) is 10.1 Å². The SMILES string of the molecule is CN1CCc2cc([N+](=O)[O-])c(N)cc2N(C)CC1. The van der Waals surface area contributed by atoms with Gasteiger partial charge in [0.05, 0.1) is 4.92 Å². The number of anilines is 2. The van der Waals surface area contributed by atoms with Gasteiger partial charge in [-0.05, 0) is 25.1 Å². The number of nitrogen functional groups attached to an aromatic ring is 1. The molecular weight excluding hydrogens is 232 g/mol. The normalized spacial score (nSPS) is 16.9. The molecule has 0 radical (unpaired) electrons. The summed E-state index contributed by atoms with van der Waals surface area (Å²) in [5.41, 5.74) is 7.98. The molecule has 6 nitrogen and oxygen atoms in total. The van der Waals surface area contributed by atoms with Gasteiger partial charge in [0.1, 0.15) is 5.69 Å². The van der Waals surface area contributed by atoms with Gasteiger partial charge < -0.3 is 15.5 Å². The topological polar surface area (TPSA) is 75.6 Å². The van der Waals surface area contributed by atoms with Crippen molar-refractivity contribution in [2.24, 2.45) is 0 Å². The second-order valence-electron chi connectivity index (χ2n) is 4.77. The lowest BCUT2D eigenvalue weighted by molar-refractivity contribution is -0.383. The molecule has 1 heterocycles. The molecule has 2 N–H and O–H groups in total. The monoisotopic (exact) mass is 250 g/mol. The fraction of sp³-hybridized carbons (Fsp3) is 0.500. The summed E-state index contributed by atoms with van der Waals surface area (Å²) in [6.45, 7) is 2.77. The molecule has 2 rings (SSSR count). The van der Waals surface area contributed by atoms with E-state index in [0.717, 1.165) is 37.3 Å². The summed E-state index contributed by atoms with van der Waals surface area (Å²) in [6, 6.07) is 3.33. The first kappa shape index (κ1) is 12.6. The van der Waals surface area contributed by atoms with Crippen molar-refractivity contribution in [2.75, 3.05) is 44.4 Å². The minimum atomic E-state index is -0.419. The molecule has 0 saturated carbocycles. The lowest BCUT2D eigenvalue weighted by Gasteiger charge is -2.29. The molecule has 0 unspecified atom stereocenters. The number of hydrogen-bond acceptors (Lipinski definition) is 5. The van der Waals surface area contributed by atoms with Crippen LogP contribution in [-0.4, -0.2) is 43.6 Å². The van der Waals surface area contributed by atoms with E-state index in [0.29, 0.717) is 0 Å². The summed E-state index contributed by atoms with van der Waals surface area (Å²) in [4.78, 5) is 14.8. The van der Waals surface area contributed by atoms with Gasteiger partial charge in [-0.3, -0.25) is 10.1 Å². The number of nitro groups is 1. The van der Waals surface area contributed by atoms with Crippen LogP contribution >= 0.6 is 0 Å². The molecule has 0 amide bonds. The van der Waals surface area contributed by atoms with Crippen LogP contribution in [0.2, 0.25) is 0 Å². The van der Waals surface area contributed by atoms with Crippen molar-refractivity contribution >= 4 is 17.1 Å². The second-order valence-corrected chi connectivity index (χ2v) is 4.77. The quantitative estimate of drug-likeness (QED) is 0.459.